The Kier molecular flexibility index (Phi) is 7.74. The second-order valence-electron chi connectivity index (χ2n) is 4.07. The minimum absolute atomic E-state index is 0.248. The van der Waals surface area contributed by atoms with E-state index in [-0.39, 0.29) is 18.3 Å². The third kappa shape index (κ3) is 7.08. The molecule has 0 aliphatic rings. The van der Waals surface area contributed by atoms with Crippen molar-refractivity contribution in [3.05, 3.63) is 29.8 Å². The van der Waals surface area contributed by atoms with Crippen LogP contribution >= 0.6 is 11.8 Å². The predicted octanol–water partition coefficient (Wildman–Crippen LogP) is 3.07. The lowest BCUT2D eigenvalue weighted by molar-refractivity contribution is -0.143. The number of alkyl halides is 2. The van der Waals surface area contributed by atoms with Crippen LogP contribution in [0.1, 0.15) is 30.1 Å². The van der Waals surface area contributed by atoms with Crippen LogP contribution < -0.4 is 5.32 Å². The zero-order valence-corrected chi connectivity index (χ0v) is 12.4. The highest BCUT2D eigenvalue weighted by Gasteiger charge is 2.08. The molecule has 0 spiro atoms. The Morgan fingerprint density at radius 3 is 2.52 bits per heavy atom. The van der Waals surface area contributed by atoms with Crippen LogP contribution in [0.5, 0.6) is 0 Å². The van der Waals surface area contributed by atoms with Gasteiger partial charge >= 0.3 is 5.97 Å². The number of thioether (sulfide) groups is 1. The normalized spacial score (nSPS) is 10.5. The highest BCUT2D eigenvalue weighted by Crippen LogP contribution is 2.25. The van der Waals surface area contributed by atoms with Crippen LogP contribution in [0.3, 0.4) is 0 Å². The van der Waals surface area contributed by atoms with E-state index >= 15 is 0 Å². The first kappa shape index (κ1) is 17.4. The number of hydrogen-bond acceptors (Lipinski definition) is 4. The van der Waals surface area contributed by atoms with Gasteiger partial charge in [-0.3, -0.25) is 9.59 Å². The van der Waals surface area contributed by atoms with E-state index in [1.807, 2.05) is 0 Å². The zero-order chi connectivity index (χ0) is 15.7. The summed E-state index contributed by atoms with van der Waals surface area (Å²) in [4.78, 5) is 23.3. The minimum Gasteiger partial charge on any atom is -0.466 e. The third-order valence-electron chi connectivity index (χ3n) is 2.49. The van der Waals surface area contributed by atoms with Gasteiger partial charge in [-0.05, 0) is 37.6 Å². The molecule has 0 fully saturated rings. The number of esters is 1. The van der Waals surface area contributed by atoms with Crippen molar-refractivity contribution < 1.29 is 23.1 Å². The second-order valence-corrected chi connectivity index (χ2v) is 5.13. The van der Waals surface area contributed by atoms with Crippen LogP contribution in [-0.4, -0.2) is 30.8 Å². The van der Waals surface area contributed by atoms with Crippen molar-refractivity contribution in [1.29, 1.82) is 0 Å². The molecular weight excluding hydrogens is 300 g/mol. The highest BCUT2D eigenvalue weighted by atomic mass is 32.2. The molecule has 0 aliphatic heterocycles. The number of carbonyl (C=O) groups is 2. The van der Waals surface area contributed by atoms with Crippen molar-refractivity contribution in [3.63, 3.8) is 0 Å². The molecule has 0 bridgehead atoms. The number of rotatable bonds is 8. The molecular formula is C14H17F2NO3S. The molecule has 1 aromatic rings. The lowest BCUT2D eigenvalue weighted by Gasteiger charge is -2.06. The number of benzene rings is 1. The SMILES string of the molecule is CCOC(=O)CCCNC(=O)c1ccc(SC(F)F)cc1. The Hall–Kier alpha value is -1.63. The quantitative estimate of drug-likeness (QED) is 0.455. The topological polar surface area (TPSA) is 55.4 Å². The molecule has 0 saturated carbocycles. The fraction of sp³-hybridized carbons (Fsp3) is 0.429. The molecule has 0 heterocycles. The molecule has 4 nitrogen and oxygen atoms in total. The summed E-state index contributed by atoms with van der Waals surface area (Å²) in [6, 6.07) is 5.94. The van der Waals surface area contributed by atoms with E-state index in [0.29, 0.717) is 41.8 Å². The first-order valence-electron chi connectivity index (χ1n) is 6.51. The average Bonchev–Trinajstić information content (AvgIpc) is 2.44. The molecule has 1 rings (SSSR count). The van der Waals surface area contributed by atoms with Gasteiger partial charge in [0.25, 0.3) is 11.7 Å². The molecule has 1 N–H and O–H groups in total. The van der Waals surface area contributed by atoms with Gasteiger partial charge in [-0.15, -0.1) is 0 Å². The molecule has 116 valence electrons. The van der Waals surface area contributed by atoms with Gasteiger partial charge < -0.3 is 10.1 Å². The highest BCUT2D eigenvalue weighted by molar-refractivity contribution is 7.99. The van der Waals surface area contributed by atoms with E-state index in [1.165, 1.54) is 24.3 Å². The van der Waals surface area contributed by atoms with Crippen LogP contribution in [0.25, 0.3) is 0 Å². The summed E-state index contributed by atoms with van der Waals surface area (Å²) in [6.07, 6.45) is 0.738. The van der Waals surface area contributed by atoms with E-state index < -0.39 is 5.76 Å². The third-order valence-corrected chi connectivity index (χ3v) is 3.21. The van der Waals surface area contributed by atoms with E-state index in [0.717, 1.165) is 0 Å². The van der Waals surface area contributed by atoms with E-state index in [9.17, 15) is 18.4 Å². The van der Waals surface area contributed by atoms with Crippen LogP contribution in [0.2, 0.25) is 0 Å². The monoisotopic (exact) mass is 317 g/mol. The molecule has 0 unspecified atom stereocenters. The summed E-state index contributed by atoms with van der Waals surface area (Å²) in [5, 5.41) is 2.65. The summed E-state index contributed by atoms with van der Waals surface area (Å²) in [5.74, 6) is -3.07. The standard InChI is InChI=1S/C14H17F2NO3S/c1-2-20-12(18)4-3-9-17-13(19)10-5-7-11(8-6-10)21-14(15)16/h5-8,14H,2-4,9H2,1H3,(H,17,19). The Morgan fingerprint density at radius 1 is 1.29 bits per heavy atom. The van der Waals surface area contributed by atoms with E-state index in [2.05, 4.69) is 5.32 Å². The predicted molar refractivity (Wildman–Crippen MR) is 76.5 cm³/mol. The second kappa shape index (κ2) is 9.33. The number of amides is 1. The maximum atomic E-state index is 12.2. The Balaban J connectivity index is 2.33. The van der Waals surface area contributed by atoms with Crippen molar-refractivity contribution in [2.24, 2.45) is 0 Å². The number of halogens is 2. The van der Waals surface area contributed by atoms with Gasteiger partial charge in [-0.25, -0.2) is 0 Å². The molecule has 0 aliphatic carbocycles. The summed E-state index contributed by atoms with van der Waals surface area (Å²) < 4.78 is 29.1. The Bertz CT molecular complexity index is 466. The van der Waals surface area contributed by atoms with Crippen molar-refractivity contribution >= 4 is 23.6 Å². The maximum Gasteiger partial charge on any atom is 0.305 e. The number of carbonyl (C=O) groups excluding carboxylic acids is 2. The molecule has 0 radical (unpaired) electrons. The largest absolute Gasteiger partial charge is 0.466 e. The smallest absolute Gasteiger partial charge is 0.305 e. The van der Waals surface area contributed by atoms with Crippen molar-refractivity contribution in [2.75, 3.05) is 13.2 Å². The number of ether oxygens (including phenoxy) is 1. The van der Waals surface area contributed by atoms with Crippen LogP contribution in [0.15, 0.2) is 29.2 Å². The fourth-order valence-electron chi connectivity index (χ4n) is 1.56. The Morgan fingerprint density at radius 2 is 1.95 bits per heavy atom. The Labute approximate surface area is 126 Å². The summed E-state index contributed by atoms with van der Waals surface area (Å²) in [7, 11) is 0. The molecule has 1 aromatic carbocycles. The molecule has 7 heteroatoms. The lowest BCUT2D eigenvalue weighted by atomic mass is 10.2. The van der Waals surface area contributed by atoms with Gasteiger partial charge in [0.05, 0.1) is 6.61 Å². The van der Waals surface area contributed by atoms with Gasteiger partial charge in [0.1, 0.15) is 0 Å². The summed E-state index contributed by atoms with van der Waals surface area (Å²) >= 11 is 0.432. The maximum absolute atomic E-state index is 12.2. The number of nitrogens with one attached hydrogen (secondary N) is 1. The molecule has 1 amide bonds. The minimum atomic E-state index is -2.48. The molecule has 0 aromatic heterocycles. The summed E-state index contributed by atoms with van der Waals surface area (Å²) in [5.41, 5.74) is 0.393. The first-order chi connectivity index (χ1) is 10.0. The van der Waals surface area contributed by atoms with Crippen LogP contribution in [0, 0.1) is 0 Å². The fourth-order valence-corrected chi connectivity index (χ4v) is 2.06. The van der Waals surface area contributed by atoms with Crippen molar-refractivity contribution in [1.82, 2.24) is 5.32 Å². The van der Waals surface area contributed by atoms with Gasteiger partial charge in [-0.2, -0.15) is 8.78 Å². The molecule has 0 atom stereocenters. The van der Waals surface area contributed by atoms with Gasteiger partial charge in [0.2, 0.25) is 0 Å². The molecule has 21 heavy (non-hydrogen) atoms. The van der Waals surface area contributed by atoms with Gasteiger partial charge in [0, 0.05) is 23.4 Å². The van der Waals surface area contributed by atoms with Gasteiger partial charge in [0.15, 0.2) is 0 Å². The zero-order valence-electron chi connectivity index (χ0n) is 11.6. The van der Waals surface area contributed by atoms with Crippen LogP contribution in [0.4, 0.5) is 8.78 Å². The summed E-state index contributed by atoms with van der Waals surface area (Å²) in [6.45, 7) is 2.43. The average molecular weight is 317 g/mol. The van der Waals surface area contributed by atoms with Crippen molar-refractivity contribution in [2.45, 2.75) is 30.4 Å². The lowest BCUT2D eigenvalue weighted by Crippen LogP contribution is -2.25. The number of hydrogen-bond donors (Lipinski definition) is 1. The van der Waals surface area contributed by atoms with E-state index in [4.69, 9.17) is 4.74 Å². The van der Waals surface area contributed by atoms with Gasteiger partial charge in [-0.1, -0.05) is 11.8 Å². The molecule has 0 saturated heterocycles. The van der Waals surface area contributed by atoms with Crippen LogP contribution in [-0.2, 0) is 9.53 Å². The van der Waals surface area contributed by atoms with E-state index in [1.54, 1.807) is 6.92 Å². The first-order valence-corrected chi connectivity index (χ1v) is 7.39. The van der Waals surface area contributed by atoms with Crippen molar-refractivity contribution in [3.8, 4) is 0 Å².